The number of hydrogen-bond donors (Lipinski definition) is 0. The average molecular weight is 659 g/mol. The normalized spacial score (nSPS) is 11.6. The van der Waals surface area contributed by atoms with Gasteiger partial charge in [0.05, 0.1) is 23.3 Å². The molecule has 0 aliphatic heterocycles. The summed E-state index contributed by atoms with van der Waals surface area (Å²) in [6.07, 6.45) is 5.14. The molecule has 2 aromatic carbocycles. The number of azo groups is 2. The van der Waals surface area contributed by atoms with Gasteiger partial charge in [-0.2, -0.15) is 0 Å². The maximum atomic E-state index is 8.52. The number of anilines is 2. The van der Waals surface area contributed by atoms with Crippen molar-refractivity contribution in [2.45, 2.75) is 47.2 Å². The number of hydrogen-bond acceptors (Lipinski definition) is 12. The van der Waals surface area contributed by atoms with Crippen molar-refractivity contribution in [3.63, 3.8) is 0 Å². The van der Waals surface area contributed by atoms with Crippen molar-refractivity contribution in [3.05, 3.63) is 71.7 Å². The van der Waals surface area contributed by atoms with Crippen LogP contribution in [-0.4, -0.2) is 43.7 Å². The Kier molecular flexibility index (Phi) is 14.0. The lowest BCUT2D eigenvalue weighted by Gasteiger charge is -2.27. The number of aromatic nitrogens is 2. The third-order valence-electron chi connectivity index (χ3n) is 6.55. The van der Waals surface area contributed by atoms with Gasteiger partial charge in [-0.15, -0.1) is 0 Å². The number of aryl methyl sites for hydroxylation is 2. The van der Waals surface area contributed by atoms with E-state index in [1.54, 1.807) is 22.7 Å². The molecule has 0 saturated carbocycles. The fourth-order valence-electron chi connectivity index (χ4n) is 4.29. The average Bonchev–Trinajstić information content (AvgIpc) is 3.68. The quantitative estimate of drug-likeness (QED) is 0.0641. The van der Waals surface area contributed by atoms with Gasteiger partial charge in [-0.25, -0.2) is 9.13 Å². The van der Waals surface area contributed by atoms with E-state index >= 15 is 0 Å². The van der Waals surface area contributed by atoms with Crippen LogP contribution in [0.15, 0.2) is 92.1 Å². The fraction of sp³-hybridized carbons (Fsp3) is 0.379. The molecule has 0 fully saturated rings. The highest BCUT2D eigenvalue weighted by molar-refractivity contribution is 7.79. The summed E-state index contributed by atoms with van der Waals surface area (Å²) in [7, 11) is -5.17. The molecule has 0 amide bonds. The molecule has 4 rings (SSSR count). The van der Waals surface area contributed by atoms with Crippen LogP contribution >= 0.6 is 22.7 Å². The third-order valence-corrected chi connectivity index (χ3v) is 8.12. The maximum Gasteiger partial charge on any atom is 0.408 e. The van der Waals surface area contributed by atoms with Crippen molar-refractivity contribution in [2.75, 3.05) is 36.0 Å². The Bertz CT molecular complexity index is 1480. The van der Waals surface area contributed by atoms with Gasteiger partial charge in [0, 0.05) is 58.7 Å². The summed E-state index contributed by atoms with van der Waals surface area (Å²) in [6.45, 7) is 14.3. The van der Waals surface area contributed by atoms with Crippen molar-refractivity contribution in [1.82, 2.24) is 0 Å². The maximum absolute atomic E-state index is 8.52. The van der Waals surface area contributed by atoms with E-state index in [0.717, 1.165) is 67.3 Å². The molecule has 0 unspecified atom stereocenters. The van der Waals surface area contributed by atoms with E-state index in [2.05, 4.69) is 91.4 Å². The van der Waals surface area contributed by atoms with Crippen LogP contribution in [0.1, 0.15) is 34.1 Å². The van der Waals surface area contributed by atoms with Crippen LogP contribution in [0.4, 0.5) is 33.0 Å². The molecular formula is C29H38N8O4S3. The molecule has 4 aromatic rings. The van der Waals surface area contributed by atoms with Crippen LogP contribution in [-0.2, 0) is 23.5 Å². The summed E-state index contributed by atoms with van der Waals surface area (Å²) in [6, 6.07) is 16.7. The first-order valence-corrected chi connectivity index (χ1v) is 17.4. The Labute approximate surface area is 267 Å². The predicted octanol–water partition coefficient (Wildman–Crippen LogP) is 6.66. The van der Waals surface area contributed by atoms with Gasteiger partial charge in [-0.3, -0.25) is 8.42 Å². The van der Waals surface area contributed by atoms with Gasteiger partial charge in [0.15, 0.2) is 0 Å². The van der Waals surface area contributed by atoms with Crippen molar-refractivity contribution in [2.24, 2.45) is 20.5 Å². The molecule has 0 aliphatic carbocycles. The first kappa shape index (κ1) is 34.9. The minimum atomic E-state index is -5.17. The second-order valence-corrected chi connectivity index (χ2v) is 11.9. The Morgan fingerprint density at radius 3 is 1.34 bits per heavy atom. The molecule has 0 spiro atoms. The van der Waals surface area contributed by atoms with E-state index in [9.17, 15) is 0 Å². The highest BCUT2D eigenvalue weighted by Gasteiger charge is 2.12. The lowest BCUT2D eigenvalue weighted by atomic mass is 10.2. The number of benzene rings is 2. The highest BCUT2D eigenvalue weighted by Crippen LogP contribution is 2.25. The van der Waals surface area contributed by atoms with Crippen molar-refractivity contribution >= 4 is 66.1 Å². The molecule has 0 atom stereocenters. The molecule has 0 saturated heterocycles. The summed E-state index contributed by atoms with van der Waals surface area (Å²) in [4.78, 5) is 4.82. The van der Waals surface area contributed by atoms with E-state index in [0.29, 0.717) is 0 Å². The smallest absolute Gasteiger partial charge is 0.408 e. The summed E-state index contributed by atoms with van der Waals surface area (Å²) in [5, 5.41) is 23.6. The second kappa shape index (κ2) is 17.6. The third kappa shape index (κ3) is 11.5. The largest absolute Gasteiger partial charge is 0.759 e. The van der Waals surface area contributed by atoms with Crippen LogP contribution in [0.25, 0.3) is 0 Å². The SMILES string of the molecule is CCN(CCCN(CC)c1ccc(N=Nc2scc[n+]2CC)cc1)c1ccc(N=Nc2scc[n+]2CC)cc1.O=S(=O)([O-])[O-]. The van der Waals surface area contributed by atoms with Crippen LogP contribution in [0.2, 0.25) is 0 Å². The summed E-state index contributed by atoms with van der Waals surface area (Å²) < 4.78 is 38.3. The van der Waals surface area contributed by atoms with E-state index in [4.69, 9.17) is 17.5 Å². The molecule has 2 aromatic heterocycles. The van der Waals surface area contributed by atoms with Crippen molar-refractivity contribution in [3.8, 4) is 0 Å². The lowest BCUT2D eigenvalue weighted by molar-refractivity contribution is -0.677. The zero-order chi connectivity index (χ0) is 32.0. The first-order chi connectivity index (χ1) is 21.1. The topological polar surface area (TPSA) is 144 Å². The summed E-state index contributed by atoms with van der Waals surface area (Å²) >= 11 is 3.20. The monoisotopic (exact) mass is 658 g/mol. The number of rotatable bonds is 14. The van der Waals surface area contributed by atoms with E-state index in [1.165, 1.54) is 11.4 Å². The standard InChI is InChI=1S/C29H38N8S2.H2O4S/c1-5-34(26-14-10-24(11-15-26)30-32-28-36(7-3)20-22-38-28)18-9-19-35(6-2)27-16-12-25(13-17-27)31-33-29-37(8-4)21-23-39-29;1-5(2,3)4/h10-17,20-23H,5-9,18-19H2,1-4H3;(H2,1,2,3,4)/q+2;/p-2. The van der Waals surface area contributed by atoms with Gasteiger partial charge in [0.25, 0.3) is 0 Å². The van der Waals surface area contributed by atoms with E-state index in [1.807, 2.05) is 47.4 Å². The zero-order valence-electron chi connectivity index (χ0n) is 25.3. The number of nitrogens with zero attached hydrogens (tertiary/aromatic N) is 8. The van der Waals surface area contributed by atoms with Gasteiger partial charge in [0.1, 0.15) is 23.8 Å². The molecule has 0 bridgehead atoms. The minimum Gasteiger partial charge on any atom is -0.759 e. The van der Waals surface area contributed by atoms with E-state index in [-0.39, 0.29) is 0 Å². The zero-order valence-corrected chi connectivity index (χ0v) is 27.8. The van der Waals surface area contributed by atoms with Crippen LogP contribution in [0.3, 0.4) is 0 Å². The minimum absolute atomic E-state index is 0.867. The fourth-order valence-corrected chi connectivity index (χ4v) is 5.77. The Morgan fingerprint density at radius 1 is 0.659 bits per heavy atom. The Balaban J connectivity index is 0.000000978. The number of thiazole rings is 2. The van der Waals surface area contributed by atoms with Crippen molar-refractivity contribution in [1.29, 1.82) is 0 Å². The van der Waals surface area contributed by atoms with Crippen LogP contribution in [0, 0.1) is 0 Å². The molecule has 12 nitrogen and oxygen atoms in total. The Hall–Kier alpha value is -3.63. The van der Waals surface area contributed by atoms with Crippen LogP contribution < -0.4 is 18.9 Å². The first-order valence-electron chi connectivity index (χ1n) is 14.3. The van der Waals surface area contributed by atoms with Gasteiger partial charge in [-0.1, -0.05) is 0 Å². The summed E-state index contributed by atoms with van der Waals surface area (Å²) in [5.41, 5.74) is 4.16. The molecule has 2 heterocycles. The molecule has 0 radical (unpaired) electrons. The molecule has 44 heavy (non-hydrogen) atoms. The molecule has 0 N–H and O–H groups in total. The summed E-state index contributed by atoms with van der Waals surface area (Å²) in [5.74, 6) is 0. The van der Waals surface area contributed by atoms with Gasteiger partial charge in [0.2, 0.25) is 0 Å². The molecule has 236 valence electrons. The lowest BCUT2D eigenvalue weighted by Crippen LogP contribution is -2.30. The van der Waals surface area contributed by atoms with Gasteiger partial charge < -0.3 is 18.9 Å². The molecular weight excluding hydrogens is 621 g/mol. The van der Waals surface area contributed by atoms with E-state index < -0.39 is 10.4 Å². The second-order valence-electron chi connectivity index (χ2n) is 9.30. The van der Waals surface area contributed by atoms with Crippen molar-refractivity contribution < 1.29 is 26.7 Å². The predicted molar refractivity (Wildman–Crippen MR) is 172 cm³/mol. The van der Waals surface area contributed by atoms with Gasteiger partial charge in [-0.05, 0) is 116 Å². The molecule has 0 aliphatic rings. The van der Waals surface area contributed by atoms with Crippen LogP contribution in [0.5, 0.6) is 0 Å². The highest BCUT2D eigenvalue weighted by atomic mass is 32.3. The molecule has 15 heteroatoms. The van der Waals surface area contributed by atoms with Gasteiger partial charge >= 0.3 is 10.3 Å². The Morgan fingerprint density at radius 2 is 1.02 bits per heavy atom.